The maximum absolute atomic E-state index is 13.9. The zero-order chi connectivity index (χ0) is 19.1. The molecule has 1 heterocycles. The summed E-state index contributed by atoms with van der Waals surface area (Å²) >= 11 is 3.62. The first-order valence-electron chi connectivity index (χ1n) is 9.32. The zero-order valence-electron chi connectivity index (χ0n) is 15.6. The molecule has 0 aromatic heterocycles. The molecule has 0 aliphatic carbocycles. The number of piperidine rings is 1. The third-order valence-electron chi connectivity index (χ3n) is 4.91. The van der Waals surface area contributed by atoms with Gasteiger partial charge in [0.2, 0.25) is 0 Å². The van der Waals surface area contributed by atoms with E-state index in [4.69, 9.17) is 9.47 Å². The van der Waals surface area contributed by atoms with Gasteiger partial charge in [-0.15, -0.1) is 0 Å². The van der Waals surface area contributed by atoms with Crippen molar-refractivity contribution >= 4 is 15.9 Å². The van der Waals surface area contributed by atoms with Crippen LogP contribution in [0.15, 0.2) is 40.9 Å². The van der Waals surface area contributed by atoms with Crippen molar-refractivity contribution in [2.24, 2.45) is 5.92 Å². The molecule has 0 radical (unpaired) electrons. The highest BCUT2D eigenvalue weighted by Crippen LogP contribution is 2.37. The molecule has 1 fully saturated rings. The average molecular weight is 437 g/mol. The second kappa shape index (κ2) is 10.1. The van der Waals surface area contributed by atoms with Crippen molar-refractivity contribution in [3.8, 4) is 11.5 Å². The molecule has 2 aromatic rings. The summed E-state index contributed by atoms with van der Waals surface area (Å²) in [6.45, 7) is 3.96. The number of halogens is 2. The molecular formula is C21H26BrFN2O2. The second-order valence-corrected chi connectivity index (χ2v) is 7.62. The van der Waals surface area contributed by atoms with Crippen LogP contribution in [0, 0.1) is 11.7 Å². The standard InChI is InChI=1S/C21H26BrFN2O2/c1-26-20-7-6-18(22)17(13-25-12-15-8-10-24-11-9-15)21(20)27-14-16-4-2-3-5-19(16)23/h2-7,15,24-25H,8-14H2,1H3. The SMILES string of the molecule is COc1ccc(Br)c(CNCC2CCNCC2)c1OCc1ccccc1F. The van der Waals surface area contributed by atoms with Gasteiger partial charge >= 0.3 is 0 Å². The smallest absolute Gasteiger partial charge is 0.167 e. The van der Waals surface area contributed by atoms with Gasteiger partial charge in [-0.3, -0.25) is 0 Å². The number of methoxy groups -OCH3 is 1. The Hall–Kier alpha value is -1.63. The van der Waals surface area contributed by atoms with Gasteiger partial charge in [0.05, 0.1) is 7.11 Å². The molecule has 27 heavy (non-hydrogen) atoms. The summed E-state index contributed by atoms with van der Waals surface area (Å²) < 4.78 is 26.4. The van der Waals surface area contributed by atoms with E-state index in [0.29, 0.717) is 29.5 Å². The molecule has 2 aromatic carbocycles. The molecule has 146 valence electrons. The van der Waals surface area contributed by atoms with Crippen LogP contribution >= 0.6 is 15.9 Å². The van der Waals surface area contributed by atoms with Gasteiger partial charge in [-0.25, -0.2) is 4.39 Å². The van der Waals surface area contributed by atoms with Crippen molar-refractivity contribution in [2.75, 3.05) is 26.7 Å². The number of ether oxygens (including phenoxy) is 2. The van der Waals surface area contributed by atoms with Crippen molar-refractivity contribution in [2.45, 2.75) is 26.0 Å². The minimum absolute atomic E-state index is 0.154. The summed E-state index contributed by atoms with van der Waals surface area (Å²) in [5.41, 5.74) is 1.51. The summed E-state index contributed by atoms with van der Waals surface area (Å²) in [6, 6.07) is 10.5. The van der Waals surface area contributed by atoms with Crippen LogP contribution < -0.4 is 20.1 Å². The number of nitrogens with one attached hydrogen (secondary N) is 2. The molecule has 0 unspecified atom stereocenters. The quantitative estimate of drug-likeness (QED) is 0.648. The molecule has 3 rings (SSSR count). The minimum atomic E-state index is -0.267. The van der Waals surface area contributed by atoms with Crippen LogP contribution in [-0.4, -0.2) is 26.7 Å². The molecule has 0 bridgehead atoms. The lowest BCUT2D eigenvalue weighted by Gasteiger charge is -2.23. The molecule has 0 atom stereocenters. The van der Waals surface area contributed by atoms with Gasteiger partial charge in [-0.05, 0) is 56.6 Å². The lowest BCUT2D eigenvalue weighted by atomic mass is 9.98. The number of benzene rings is 2. The molecule has 2 N–H and O–H groups in total. The zero-order valence-corrected chi connectivity index (χ0v) is 17.1. The Balaban J connectivity index is 1.70. The van der Waals surface area contributed by atoms with Gasteiger partial charge in [0.15, 0.2) is 11.5 Å². The van der Waals surface area contributed by atoms with Gasteiger partial charge in [0.25, 0.3) is 0 Å². The predicted octanol–water partition coefficient (Wildman–Crippen LogP) is 4.27. The summed E-state index contributed by atoms with van der Waals surface area (Å²) in [7, 11) is 1.62. The van der Waals surface area contributed by atoms with Gasteiger partial charge in [0, 0.05) is 22.1 Å². The molecule has 1 saturated heterocycles. The van der Waals surface area contributed by atoms with E-state index in [9.17, 15) is 4.39 Å². The summed E-state index contributed by atoms with van der Waals surface area (Å²) in [4.78, 5) is 0. The van der Waals surface area contributed by atoms with E-state index in [0.717, 1.165) is 29.7 Å². The van der Waals surface area contributed by atoms with E-state index in [2.05, 4.69) is 26.6 Å². The van der Waals surface area contributed by atoms with Crippen LogP contribution in [0.5, 0.6) is 11.5 Å². The summed E-state index contributed by atoms with van der Waals surface area (Å²) in [5, 5.41) is 6.94. The van der Waals surface area contributed by atoms with Crippen molar-refractivity contribution in [1.29, 1.82) is 0 Å². The Kier molecular flexibility index (Phi) is 7.50. The summed E-state index contributed by atoms with van der Waals surface area (Å²) in [6.07, 6.45) is 2.39. The third-order valence-corrected chi connectivity index (χ3v) is 5.65. The normalized spacial score (nSPS) is 14.9. The van der Waals surface area contributed by atoms with Gasteiger partial charge in [0.1, 0.15) is 12.4 Å². The van der Waals surface area contributed by atoms with Gasteiger partial charge < -0.3 is 20.1 Å². The number of hydrogen-bond donors (Lipinski definition) is 2. The van der Waals surface area contributed by atoms with Crippen molar-refractivity contribution in [3.05, 3.63) is 57.8 Å². The number of hydrogen-bond acceptors (Lipinski definition) is 4. The monoisotopic (exact) mass is 436 g/mol. The summed E-state index contributed by atoms with van der Waals surface area (Å²) in [5.74, 6) is 1.72. The molecule has 0 amide bonds. The molecular weight excluding hydrogens is 411 g/mol. The van der Waals surface area contributed by atoms with Crippen LogP contribution in [0.3, 0.4) is 0 Å². The predicted molar refractivity (Wildman–Crippen MR) is 109 cm³/mol. The van der Waals surface area contributed by atoms with Crippen molar-refractivity contribution in [3.63, 3.8) is 0 Å². The maximum Gasteiger partial charge on any atom is 0.167 e. The first kappa shape index (κ1) is 20.1. The van der Waals surface area contributed by atoms with E-state index >= 15 is 0 Å². The maximum atomic E-state index is 13.9. The highest BCUT2D eigenvalue weighted by molar-refractivity contribution is 9.10. The van der Waals surface area contributed by atoms with E-state index < -0.39 is 0 Å². The van der Waals surface area contributed by atoms with Crippen LogP contribution in [-0.2, 0) is 13.2 Å². The highest BCUT2D eigenvalue weighted by atomic mass is 79.9. The largest absolute Gasteiger partial charge is 0.493 e. The first-order valence-corrected chi connectivity index (χ1v) is 10.1. The first-order chi connectivity index (χ1) is 13.2. The van der Waals surface area contributed by atoms with E-state index in [1.165, 1.54) is 18.9 Å². The Morgan fingerprint density at radius 1 is 1.19 bits per heavy atom. The highest BCUT2D eigenvalue weighted by Gasteiger charge is 2.17. The minimum Gasteiger partial charge on any atom is -0.493 e. The van der Waals surface area contributed by atoms with Crippen molar-refractivity contribution < 1.29 is 13.9 Å². The fourth-order valence-corrected chi connectivity index (χ4v) is 3.77. The Labute approximate surface area is 168 Å². The Bertz CT molecular complexity index is 751. The fourth-order valence-electron chi connectivity index (χ4n) is 3.32. The molecule has 6 heteroatoms. The van der Waals surface area contributed by atoms with Gasteiger partial charge in [-0.2, -0.15) is 0 Å². The fraction of sp³-hybridized carbons (Fsp3) is 0.429. The van der Waals surface area contributed by atoms with Crippen molar-refractivity contribution in [1.82, 2.24) is 10.6 Å². The van der Waals surface area contributed by atoms with Crippen LogP contribution in [0.2, 0.25) is 0 Å². The number of rotatable bonds is 8. The van der Waals surface area contributed by atoms with Crippen LogP contribution in [0.25, 0.3) is 0 Å². The molecule has 0 spiro atoms. The lowest BCUT2D eigenvalue weighted by Crippen LogP contribution is -2.33. The lowest BCUT2D eigenvalue weighted by molar-refractivity contribution is 0.275. The molecule has 0 saturated carbocycles. The van der Waals surface area contributed by atoms with Crippen LogP contribution in [0.1, 0.15) is 24.0 Å². The van der Waals surface area contributed by atoms with E-state index in [-0.39, 0.29) is 12.4 Å². The molecule has 1 aliphatic heterocycles. The van der Waals surface area contributed by atoms with E-state index in [1.54, 1.807) is 25.3 Å². The Morgan fingerprint density at radius 2 is 1.96 bits per heavy atom. The molecule has 1 aliphatic rings. The topological polar surface area (TPSA) is 42.5 Å². The molecule has 4 nitrogen and oxygen atoms in total. The van der Waals surface area contributed by atoms with Crippen LogP contribution in [0.4, 0.5) is 4.39 Å². The van der Waals surface area contributed by atoms with E-state index in [1.807, 2.05) is 12.1 Å². The average Bonchev–Trinajstić information content (AvgIpc) is 2.70. The second-order valence-electron chi connectivity index (χ2n) is 6.76. The van der Waals surface area contributed by atoms with Gasteiger partial charge in [-0.1, -0.05) is 34.1 Å². The third kappa shape index (κ3) is 5.43. The Morgan fingerprint density at radius 3 is 2.70 bits per heavy atom.